The number of carbonyl (C=O) groups excluding carboxylic acids is 1. The lowest BCUT2D eigenvalue weighted by Gasteiger charge is -2.16. The highest BCUT2D eigenvalue weighted by Crippen LogP contribution is 2.13. The Balaban J connectivity index is 2.35. The molecule has 0 unspecified atom stereocenters. The van der Waals surface area contributed by atoms with Crippen LogP contribution in [0.25, 0.3) is 0 Å². The van der Waals surface area contributed by atoms with Crippen LogP contribution < -0.4 is 10.6 Å². The molecule has 0 aromatic heterocycles. The van der Waals surface area contributed by atoms with Crippen molar-refractivity contribution in [2.75, 3.05) is 13.2 Å². The molecule has 100 valence electrons. The second-order valence-corrected chi connectivity index (χ2v) is 4.95. The minimum Gasteiger partial charge on any atom is -0.395 e. The maximum absolute atomic E-state index is 11.4. The van der Waals surface area contributed by atoms with Crippen LogP contribution in [-0.4, -0.2) is 58.7 Å². The number of hydrogen-bond donors (Lipinski definition) is 5. The Bertz CT molecular complexity index is 260. The standard InChI is InChI=1S/C11H22N2O4/c1-6(2)3-9(15)12-4-7-10(16)11(17)8(5-14)13-7/h6-8,10-11,13-14,16-17H,3-5H2,1-2H3,(H,12,15)/t7-,8-,10-,11-/m1/s1. The van der Waals surface area contributed by atoms with Gasteiger partial charge in [0.1, 0.15) is 0 Å². The molecule has 1 amide bonds. The van der Waals surface area contributed by atoms with Crippen molar-refractivity contribution < 1.29 is 20.1 Å². The van der Waals surface area contributed by atoms with Gasteiger partial charge in [-0.25, -0.2) is 0 Å². The summed E-state index contributed by atoms with van der Waals surface area (Å²) in [6.07, 6.45) is -1.52. The van der Waals surface area contributed by atoms with Crippen LogP contribution in [0.3, 0.4) is 0 Å². The van der Waals surface area contributed by atoms with Crippen molar-refractivity contribution in [1.82, 2.24) is 10.6 Å². The van der Waals surface area contributed by atoms with Gasteiger partial charge in [0.05, 0.1) is 30.9 Å². The van der Waals surface area contributed by atoms with Crippen LogP contribution in [-0.2, 0) is 4.79 Å². The first-order valence-electron chi connectivity index (χ1n) is 5.95. The van der Waals surface area contributed by atoms with Crippen molar-refractivity contribution in [2.45, 2.75) is 44.6 Å². The minimum atomic E-state index is -0.994. The Morgan fingerprint density at radius 3 is 2.35 bits per heavy atom. The molecule has 4 atom stereocenters. The molecule has 6 heteroatoms. The van der Waals surface area contributed by atoms with E-state index in [1.54, 1.807) is 0 Å². The van der Waals surface area contributed by atoms with Gasteiger partial charge >= 0.3 is 0 Å². The smallest absolute Gasteiger partial charge is 0.220 e. The highest BCUT2D eigenvalue weighted by atomic mass is 16.3. The van der Waals surface area contributed by atoms with Crippen molar-refractivity contribution in [3.8, 4) is 0 Å². The first-order valence-corrected chi connectivity index (χ1v) is 5.95. The Morgan fingerprint density at radius 1 is 1.29 bits per heavy atom. The summed E-state index contributed by atoms with van der Waals surface area (Å²) in [6.45, 7) is 3.91. The van der Waals surface area contributed by atoms with E-state index in [4.69, 9.17) is 5.11 Å². The molecule has 0 spiro atoms. The van der Waals surface area contributed by atoms with Crippen LogP contribution in [0.1, 0.15) is 20.3 Å². The molecule has 6 nitrogen and oxygen atoms in total. The molecule has 0 aliphatic carbocycles. The molecule has 1 rings (SSSR count). The molecule has 1 aliphatic heterocycles. The lowest BCUT2D eigenvalue weighted by molar-refractivity contribution is -0.122. The number of nitrogens with one attached hydrogen (secondary N) is 2. The van der Waals surface area contributed by atoms with E-state index in [9.17, 15) is 15.0 Å². The monoisotopic (exact) mass is 246 g/mol. The van der Waals surface area contributed by atoms with Gasteiger partial charge < -0.3 is 26.0 Å². The van der Waals surface area contributed by atoms with Crippen LogP contribution in [0.5, 0.6) is 0 Å². The molecule has 1 heterocycles. The topological polar surface area (TPSA) is 102 Å². The average molecular weight is 246 g/mol. The second kappa shape index (κ2) is 6.30. The zero-order valence-electron chi connectivity index (χ0n) is 10.3. The van der Waals surface area contributed by atoms with E-state index in [2.05, 4.69) is 10.6 Å². The number of carbonyl (C=O) groups is 1. The summed E-state index contributed by atoms with van der Waals surface area (Å²) >= 11 is 0. The van der Waals surface area contributed by atoms with Crippen molar-refractivity contribution in [3.05, 3.63) is 0 Å². The van der Waals surface area contributed by atoms with Gasteiger partial charge in [-0.15, -0.1) is 0 Å². The normalized spacial score (nSPS) is 33.1. The van der Waals surface area contributed by atoms with Crippen molar-refractivity contribution in [2.24, 2.45) is 5.92 Å². The van der Waals surface area contributed by atoms with Gasteiger partial charge in [0.2, 0.25) is 5.91 Å². The lowest BCUT2D eigenvalue weighted by Crippen LogP contribution is -2.44. The highest BCUT2D eigenvalue weighted by Gasteiger charge is 2.40. The van der Waals surface area contributed by atoms with Crippen molar-refractivity contribution in [1.29, 1.82) is 0 Å². The van der Waals surface area contributed by atoms with E-state index in [0.29, 0.717) is 6.42 Å². The molecule has 0 radical (unpaired) electrons. The summed E-state index contributed by atoms with van der Waals surface area (Å²) in [4.78, 5) is 11.4. The van der Waals surface area contributed by atoms with Crippen LogP contribution in [0.15, 0.2) is 0 Å². The Morgan fingerprint density at radius 2 is 1.88 bits per heavy atom. The quantitative estimate of drug-likeness (QED) is 0.394. The van der Waals surface area contributed by atoms with Gasteiger partial charge in [-0.2, -0.15) is 0 Å². The number of aliphatic hydroxyl groups excluding tert-OH is 3. The van der Waals surface area contributed by atoms with Crippen molar-refractivity contribution >= 4 is 5.91 Å². The molecule has 17 heavy (non-hydrogen) atoms. The summed E-state index contributed by atoms with van der Waals surface area (Å²) in [7, 11) is 0. The van der Waals surface area contributed by atoms with Crippen LogP contribution >= 0.6 is 0 Å². The summed E-state index contributed by atoms with van der Waals surface area (Å²) in [5, 5.41) is 33.8. The maximum Gasteiger partial charge on any atom is 0.220 e. The lowest BCUT2D eigenvalue weighted by atomic mass is 10.1. The molecule has 0 saturated carbocycles. The highest BCUT2D eigenvalue weighted by molar-refractivity contribution is 5.76. The number of rotatable bonds is 5. The predicted molar refractivity (Wildman–Crippen MR) is 62.3 cm³/mol. The SMILES string of the molecule is CC(C)CC(=O)NC[C@H]1N[C@H](CO)[C@@H](O)[C@@H]1O. The van der Waals surface area contributed by atoms with Crippen LogP contribution in [0.4, 0.5) is 0 Å². The molecule has 1 saturated heterocycles. The molecule has 0 aromatic carbocycles. The van der Waals surface area contributed by atoms with Gasteiger partial charge in [-0.3, -0.25) is 4.79 Å². The summed E-state index contributed by atoms with van der Waals surface area (Å²) < 4.78 is 0. The first kappa shape index (κ1) is 14.4. The van der Waals surface area contributed by atoms with Crippen LogP contribution in [0.2, 0.25) is 0 Å². The van der Waals surface area contributed by atoms with E-state index >= 15 is 0 Å². The van der Waals surface area contributed by atoms with Crippen molar-refractivity contribution in [3.63, 3.8) is 0 Å². The van der Waals surface area contributed by atoms with E-state index in [1.165, 1.54) is 0 Å². The third kappa shape index (κ3) is 3.92. The summed E-state index contributed by atoms with van der Waals surface area (Å²) in [5.74, 6) is 0.211. The molecular formula is C11H22N2O4. The molecular weight excluding hydrogens is 224 g/mol. The molecule has 0 bridgehead atoms. The molecule has 5 N–H and O–H groups in total. The third-order valence-electron chi connectivity index (χ3n) is 2.91. The molecule has 0 aromatic rings. The molecule has 1 aliphatic rings. The Labute approximate surface area is 101 Å². The average Bonchev–Trinajstić information content (AvgIpc) is 2.52. The largest absolute Gasteiger partial charge is 0.395 e. The summed E-state index contributed by atoms with van der Waals surface area (Å²) in [6, 6.07) is -0.949. The van der Waals surface area contributed by atoms with Gasteiger partial charge in [0, 0.05) is 13.0 Å². The van der Waals surface area contributed by atoms with Crippen LogP contribution in [0, 0.1) is 5.92 Å². The zero-order chi connectivity index (χ0) is 13.0. The number of aliphatic hydroxyl groups is 3. The van der Waals surface area contributed by atoms with Gasteiger partial charge in [-0.1, -0.05) is 13.8 Å². The second-order valence-electron chi connectivity index (χ2n) is 4.95. The summed E-state index contributed by atoms with van der Waals surface area (Å²) in [5.41, 5.74) is 0. The van der Waals surface area contributed by atoms with E-state index in [-0.39, 0.29) is 25.0 Å². The number of hydrogen-bond acceptors (Lipinski definition) is 5. The van der Waals surface area contributed by atoms with E-state index < -0.39 is 24.3 Å². The first-order chi connectivity index (χ1) is 7.95. The molecule has 1 fully saturated rings. The minimum absolute atomic E-state index is 0.0732. The fourth-order valence-corrected chi connectivity index (χ4v) is 1.96. The third-order valence-corrected chi connectivity index (χ3v) is 2.91. The fourth-order valence-electron chi connectivity index (χ4n) is 1.96. The number of amides is 1. The van der Waals surface area contributed by atoms with Gasteiger partial charge in [0.15, 0.2) is 0 Å². The van der Waals surface area contributed by atoms with Gasteiger partial charge in [-0.05, 0) is 5.92 Å². The van der Waals surface area contributed by atoms with E-state index in [0.717, 1.165) is 0 Å². The predicted octanol–water partition coefficient (Wildman–Crippen LogP) is -1.80. The fraction of sp³-hybridized carbons (Fsp3) is 0.909. The maximum atomic E-state index is 11.4. The Kier molecular flexibility index (Phi) is 5.32. The van der Waals surface area contributed by atoms with E-state index in [1.807, 2.05) is 13.8 Å². The van der Waals surface area contributed by atoms with Gasteiger partial charge in [0.25, 0.3) is 0 Å². The zero-order valence-corrected chi connectivity index (χ0v) is 10.3. The Hall–Kier alpha value is -0.690.